The van der Waals surface area contributed by atoms with E-state index >= 15 is 0 Å². The van der Waals surface area contributed by atoms with Crippen molar-refractivity contribution in [3.63, 3.8) is 0 Å². The summed E-state index contributed by atoms with van der Waals surface area (Å²) in [7, 11) is -5.18. The highest BCUT2D eigenvalue weighted by Crippen LogP contribution is 2.13. The monoisotopic (exact) mass is 304 g/mol. The second-order valence-electron chi connectivity index (χ2n) is 4.02. The molecule has 1 aromatic carbocycles. The summed E-state index contributed by atoms with van der Waals surface area (Å²) < 4.78 is 37.6. The van der Waals surface area contributed by atoms with Crippen LogP contribution in [0, 0.1) is 5.82 Å². The lowest BCUT2D eigenvalue weighted by Crippen LogP contribution is -2.52. The molecule has 0 radical (unpaired) electrons. The van der Waals surface area contributed by atoms with Crippen molar-refractivity contribution >= 4 is 40.4 Å². The minimum atomic E-state index is -3.74. The third-order valence-corrected chi connectivity index (χ3v) is 4.60. The molecule has 0 unspecified atom stereocenters. The third kappa shape index (κ3) is 2.91. The predicted molar refractivity (Wildman–Crippen MR) is 72.6 cm³/mol. The molecule has 0 aliphatic carbocycles. The van der Waals surface area contributed by atoms with E-state index in [0.29, 0.717) is 15.4 Å². The zero-order chi connectivity index (χ0) is 14.0. The lowest BCUT2D eigenvalue weighted by Gasteiger charge is -2.25. The van der Waals surface area contributed by atoms with Crippen LogP contribution in [0.4, 0.5) is 4.39 Å². The standard InChI is InChI=1S/C10H11BClFN2O3S/c12-4-1-5-19(17,18)15-11(16)10-3-2-9(13)6-8(10)7-14-15/h2-3,6-7,16H,1,4-5H2. The summed E-state index contributed by atoms with van der Waals surface area (Å²) in [5.74, 6) is -0.480. The van der Waals surface area contributed by atoms with E-state index in [2.05, 4.69) is 5.10 Å². The van der Waals surface area contributed by atoms with Crippen LogP contribution in [0.1, 0.15) is 12.0 Å². The molecule has 9 heteroatoms. The normalized spacial score (nSPS) is 14.7. The van der Waals surface area contributed by atoms with Crippen molar-refractivity contribution in [1.29, 1.82) is 0 Å². The second-order valence-corrected chi connectivity index (χ2v) is 6.35. The Morgan fingerprint density at radius 2 is 2.21 bits per heavy atom. The maximum Gasteiger partial charge on any atom is 0.484 e. The molecule has 0 aromatic heterocycles. The summed E-state index contributed by atoms with van der Waals surface area (Å²) in [6.07, 6.45) is 1.47. The van der Waals surface area contributed by atoms with Gasteiger partial charge in [0.2, 0.25) is 10.0 Å². The summed E-state index contributed by atoms with van der Waals surface area (Å²) in [4.78, 5) is 0. The van der Waals surface area contributed by atoms with Gasteiger partial charge in [0.05, 0.1) is 12.0 Å². The molecular formula is C10H11BClFN2O3S. The maximum atomic E-state index is 13.0. The zero-order valence-electron chi connectivity index (χ0n) is 9.83. The number of hydrazone groups is 1. The summed E-state index contributed by atoms with van der Waals surface area (Å²) in [6.45, 7) is 0. The molecule has 5 nitrogen and oxygen atoms in total. The highest BCUT2D eigenvalue weighted by Gasteiger charge is 2.36. The molecule has 0 saturated heterocycles. The number of halogens is 2. The van der Waals surface area contributed by atoms with E-state index < -0.39 is 22.9 Å². The molecule has 102 valence electrons. The van der Waals surface area contributed by atoms with Crippen molar-refractivity contribution in [2.45, 2.75) is 6.42 Å². The Balaban J connectivity index is 2.32. The first kappa shape index (κ1) is 14.3. The molecule has 0 bridgehead atoms. The van der Waals surface area contributed by atoms with Gasteiger partial charge in [-0.2, -0.15) is 5.10 Å². The molecule has 0 saturated carbocycles. The summed E-state index contributed by atoms with van der Waals surface area (Å²) in [5.41, 5.74) is 0.655. The first-order valence-electron chi connectivity index (χ1n) is 5.55. The molecular weight excluding hydrogens is 293 g/mol. The van der Waals surface area contributed by atoms with Crippen LogP contribution < -0.4 is 5.46 Å². The van der Waals surface area contributed by atoms with Crippen molar-refractivity contribution in [3.05, 3.63) is 29.6 Å². The van der Waals surface area contributed by atoms with Gasteiger partial charge in [-0.3, -0.25) is 0 Å². The van der Waals surface area contributed by atoms with Gasteiger partial charge in [0.25, 0.3) is 0 Å². The van der Waals surface area contributed by atoms with E-state index in [1.165, 1.54) is 18.3 Å². The van der Waals surface area contributed by atoms with Crippen LogP contribution in [0.2, 0.25) is 0 Å². The number of nitrogens with zero attached hydrogens (tertiary/aromatic N) is 2. The number of hydrogen-bond donors (Lipinski definition) is 1. The molecule has 1 aliphatic heterocycles. The van der Waals surface area contributed by atoms with E-state index in [-0.39, 0.29) is 18.1 Å². The highest BCUT2D eigenvalue weighted by atomic mass is 35.5. The van der Waals surface area contributed by atoms with Gasteiger partial charge >= 0.3 is 7.05 Å². The van der Waals surface area contributed by atoms with Crippen LogP contribution in [0.25, 0.3) is 0 Å². The van der Waals surface area contributed by atoms with Crippen molar-refractivity contribution in [1.82, 2.24) is 4.33 Å². The zero-order valence-corrected chi connectivity index (χ0v) is 11.4. The summed E-state index contributed by atoms with van der Waals surface area (Å²) in [5, 5.41) is 13.7. The number of hydrogen-bond acceptors (Lipinski definition) is 4. The van der Waals surface area contributed by atoms with Gasteiger partial charge in [0.15, 0.2) is 0 Å². The lowest BCUT2D eigenvalue weighted by molar-refractivity contribution is 0.475. The largest absolute Gasteiger partial charge is 0.484 e. The minimum Gasteiger partial charge on any atom is -0.427 e. The van der Waals surface area contributed by atoms with Gasteiger partial charge in [-0.25, -0.2) is 17.1 Å². The number of benzene rings is 1. The molecule has 1 aliphatic rings. The Bertz CT molecular complexity index is 611. The topological polar surface area (TPSA) is 70.0 Å². The molecule has 0 spiro atoms. The molecule has 19 heavy (non-hydrogen) atoms. The minimum absolute atomic E-state index is 0.203. The van der Waals surface area contributed by atoms with Gasteiger partial charge in [0, 0.05) is 5.88 Å². The molecule has 0 fully saturated rings. The van der Waals surface area contributed by atoms with Crippen LogP contribution >= 0.6 is 11.6 Å². The number of fused-ring (bicyclic) bond motifs is 1. The first-order valence-corrected chi connectivity index (χ1v) is 7.69. The van der Waals surface area contributed by atoms with Gasteiger partial charge in [-0.15, -0.1) is 11.6 Å². The SMILES string of the molecule is O=S(=O)(CCCCl)N1N=Cc2cc(F)ccc2B1O. The number of sulfonamides is 1. The molecule has 1 aromatic rings. The molecule has 0 atom stereocenters. The van der Waals surface area contributed by atoms with Gasteiger partial charge < -0.3 is 5.02 Å². The van der Waals surface area contributed by atoms with Crippen LogP contribution in [0.5, 0.6) is 0 Å². The lowest BCUT2D eigenvalue weighted by atomic mass is 9.72. The van der Waals surface area contributed by atoms with Gasteiger partial charge in [-0.1, -0.05) is 6.07 Å². The molecule has 1 heterocycles. The first-order chi connectivity index (χ1) is 8.95. The average molecular weight is 305 g/mol. The van der Waals surface area contributed by atoms with E-state index in [1.807, 2.05) is 0 Å². The van der Waals surface area contributed by atoms with Crippen LogP contribution in [-0.2, 0) is 10.0 Å². The summed E-state index contributed by atoms with van der Waals surface area (Å²) >= 11 is 5.46. The Labute approximate surface area is 115 Å². The van der Waals surface area contributed by atoms with Crippen molar-refractivity contribution < 1.29 is 17.8 Å². The Kier molecular flexibility index (Phi) is 4.12. The van der Waals surface area contributed by atoms with E-state index in [4.69, 9.17) is 11.6 Å². The van der Waals surface area contributed by atoms with Gasteiger partial charge in [-0.05, 0) is 29.6 Å². The predicted octanol–water partition coefficient (Wildman–Crippen LogP) is 0.121. The fourth-order valence-corrected chi connectivity index (χ4v) is 3.35. The highest BCUT2D eigenvalue weighted by molar-refractivity contribution is 7.90. The number of alkyl halides is 1. The van der Waals surface area contributed by atoms with E-state index in [9.17, 15) is 17.8 Å². The second kappa shape index (κ2) is 5.48. The van der Waals surface area contributed by atoms with Crippen molar-refractivity contribution in [2.75, 3.05) is 11.6 Å². The molecule has 1 N–H and O–H groups in total. The Morgan fingerprint density at radius 3 is 2.89 bits per heavy atom. The molecule has 2 rings (SSSR count). The van der Waals surface area contributed by atoms with E-state index in [0.717, 1.165) is 6.07 Å². The molecule has 0 amide bonds. The van der Waals surface area contributed by atoms with Crippen LogP contribution in [0.15, 0.2) is 23.3 Å². The van der Waals surface area contributed by atoms with Crippen LogP contribution in [0.3, 0.4) is 0 Å². The Morgan fingerprint density at radius 1 is 1.47 bits per heavy atom. The van der Waals surface area contributed by atoms with E-state index in [1.54, 1.807) is 0 Å². The Hall–Kier alpha value is -1.12. The van der Waals surface area contributed by atoms with Crippen molar-refractivity contribution in [3.8, 4) is 0 Å². The summed E-state index contributed by atoms with van der Waals surface area (Å²) in [6, 6.07) is 3.68. The van der Waals surface area contributed by atoms with Crippen LogP contribution in [-0.4, -0.2) is 42.7 Å². The third-order valence-electron chi connectivity index (χ3n) is 2.67. The quantitative estimate of drug-likeness (QED) is 0.634. The smallest absolute Gasteiger partial charge is 0.427 e. The fraction of sp³-hybridized carbons (Fsp3) is 0.300. The maximum absolute atomic E-state index is 13.0. The fourth-order valence-electron chi connectivity index (χ4n) is 1.75. The van der Waals surface area contributed by atoms with Gasteiger partial charge in [0.1, 0.15) is 5.82 Å². The van der Waals surface area contributed by atoms with Crippen molar-refractivity contribution in [2.24, 2.45) is 5.10 Å². The number of rotatable bonds is 4. The average Bonchev–Trinajstić information content (AvgIpc) is 2.36.